The minimum atomic E-state index is -1.37. The topological polar surface area (TPSA) is 75.7 Å². The fourth-order valence-corrected chi connectivity index (χ4v) is 1.99. The molecule has 0 aliphatic rings. The standard InChI is InChI=1S/C12H13O5S/c1-4-17-12(14)9-7-8(11(13)16-2)5-6-10(9)18(3)15/h5-6H,4H2,1-3H3. The van der Waals surface area contributed by atoms with Crippen molar-refractivity contribution in [2.45, 2.75) is 11.8 Å². The second-order valence-corrected chi connectivity index (χ2v) is 4.63. The highest BCUT2D eigenvalue weighted by Gasteiger charge is 2.22. The van der Waals surface area contributed by atoms with E-state index in [4.69, 9.17) is 4.74 Å². The summed E-state index contributed by atoms with van der Waals surface area (Å²) in [6.45, 7) is 1.84. The summed E-state index contributed by atoms with van der Waals surface area (Å²) in [6, 6.07) is 5.43. The Morgan fingerprint density at radius 1 is 1.39 bits per heavy atom. The summed E-state index contributed by atoms with van der Waals surface area (Å²) in [7, 11) is 1.23. The smallest absolute Gasteiger partial charge is 0.343 e. The van der Waals surface area contributed by atoms with Crippen LogP contribution in [0.15, 0.2) is 17.0 Å². The molecule has 1 aromatic carbocycles. The summed E-state index contributed by atoms with van der Waals surface area (Å²) in [5.41, 5.74) is 0.0929. The number of esters is 2. The molecule has 0 saturated carbocycles. The average molecular weight is 269 g/mol. The molecule has 1 aromatic rings. The van der Waals surface area contributed by atoms with Crippen LogP contribution in [0.3, 0.4) is 0 Å². The molecule has 0 saturated heterocycles. The van der Waals surface area contributed by atoms with E-state index < -0.39 is 23.1 Å². The van der Waals surface area contributed by atoms with Crippen LogP contribution >= 0.6 is 0 Å². The van der Waals surface area contributed by atoms with Crippen LogP contribution in [0.1, 0.15) is 27.6 Å². The van der Waals surface area contributed by atoms with Gasteiger partial charge in [0, 0.05) is 6.07 Å². The van der Waals surface area contributed by atoms with E-state index in [1.54, 1.807) is 6.92 Å². The molecule has 5 nitrogen and oxygen atoms in total. The first-order valence-corrected chi connectivity index (χ1v) is 6.72. The number of carbonyl (C=O) groups is 2. The Hall–Kier alpha value is -1.53. The highest BCUT2D eigenvalue weighted by Crippen LogP contribution is 2.18. The molecule has 0 spiro atoms. The van der Waals surface area contributed by atoms with Crippen LogP contribution in [0.5, 0.6) is 0 Å². The first-order chi connectivity index (χ1) is 8.51. The molecule has 6 heteroatoms. The number of carbonyl (C=O) groups excluding carboxylic acids is 2. The largest absolute Gasteiger partial charge is 0.612 e. The average Bonchev–Trinajstić information content (AvgIpc) is 2.37. The van der Waals surface area contributed by atoms with Gasteiger partial charge in [-0.1, -0.05) is 0 Å². The summed E-state index contributed by atoms with van der Waals surface area (Å²) in [5.74, 6) is -1.28. The first kappa shape index (κ1) is 14.5. The van der Waals surface area contributed by atoms with Gasteiger partial charge < -0.3 is 14.0 Å². The van der Waals surface area contributed by atoms with Gasteiger partial charge in [-0.05, 0) is 30.2 Å². The van der Waals surface area contributed by atoms with Gasteiger partial charge in [-0.2, -0.15) is 0 Å². The molecule has 1 rings (SSSR count). The van der Waals surface area contributed by atoms with E-state index in [9.17, 15) is 14.1 Å². The van der Waals surface area contributed by atoms with Crippen LogP contribution in [0, 0.1) is 6.07 Å². The molecule has 1 unspecified atom stereocenters. The van der Waals surface area contributed by atoms with Gasteiger partial charge in [-0.3, -0.25) is 0 Å². The Bertz CT molecular complexity index is 456. The van der Waals surface area contributed by atoms with Crippen LogP contribution in [0.4, 0.5) is 0 Å². The summed E-state index contributed by atoms with van der Waals surface area (Å²) in [4.78, 5) is 23.3. The Morgan fingerprint density at radius 3 is 2.56 bits per heavy atom. The molecule has 0 heterocycles. The molecule has 97 valence electrons. The zero-order chi connectivity index (χ0) is 13.7. The van der Waals surface area contributed by atoms with Gasteiger partial charge in [0.25, 0.3) is 0 Å². The lowest BCUT2D eigenvalue weighted by Gasteiger charge is -2.10. The molecule has 1 atom stereocenters. The van der Waals surface area contributed by atoms with E-state index in [1.807, 2.05) is 0 Å². The third-order valence-electron chi connectivity index (χ3n) is 2.10. The number of rotatable bonds is 4. The summed E-state index contributed by atoms with van der Waals surface area (Å²) in [5, 5.41) is 0. The Kier molecular flexibility index (Phi) is 5.18. The molecule has 0 aliphatic heterocycles. The van der Waals surface area contributed by atoms with Crippen molar-refractivity contribution in [3.63, 3.8) is 0 Å². The maximum absolute atomic E-state index is 11.7. The minimum Gasteiger partial charge on any atom is -0.612 e. The van der Waals surface area contributed by atoms with Crippen molar-refractivity contribution in [2.24, 2.45) is 0 Å². The first-order valence-electron chi connectivity index (χ1n) is 5.16. The van der Waals surface area contributed by atoms with Crippen LogP contribution in [-0.2, 0) is 20.6 Å². The predicted molar refractivity (Wildman–Crippen MR) is 64.9 cm³/mol. The number of hydrogen-bond acceptors (Lipinski definition) is 5. The third kappa shape index (κ3) is 3.24. The third-order valence-corrected chi connectivity index (χ3v) is 3.06. The lowest BCUT2D eigenvalue weighted by Crippen LogP contribution is -2.13. The van der Waals surface area contributed by atoms with Crippen LogP contribution < -0.4 is 0 Å². The lowest BCUT2D eigenvalue weighted by atomic mass is 10.1. The highest BCUT2D eigenvalue weighted by atomic mass is 32.2. The van der Waals surface area contributed by atoms with Gasteiger partial charge in [0.15, 0.2) is 4.90 Å². The Morgan fingerprint density at radius 2 is 2.06 bits per heavy atom. The maximum Gasteiger partial charge on any atom is 0.343 e. The van der Waals surface area contributed by atoms with Gasteiger partial charge >= 0.3 is 11.9 Å². The normalized spacial score (nSPS) is 11.8. The molecule has 1 radical (unpaired) electrons. The highest BCUT2D eigenvalue weighted by molar-refractivity contribution is 7.90. The van der Waals surface area contributed by atoms with E-state index in [0.717, 1.165) is 0 Å². The molecule has 0 N–H and O–H groups in total. The molecular weight excluding hydrogens is 256 g/mol. The predicted octanol–water partition coefficient (Wildman–Crippen LogP) is 1.19. The van der Waals surface area contributed by atoms with Crippen LogP contribution in [0.25, 0.3) is 0 Å². The monoisotopic (exact) mass is 269 g/mol. The van der Waals surface area contributed by atoms with Crippen LogP contribution in [-0.4, -0.2) is 36.5 Å². The molecule has 0 fully saturated rings. The number of benzene rings is 1. The molecular formula is C12H13O5S. The lowest BCUT2D eigenvalue weighted by molar-refractivity contribution is 0.0521. The van der Waals surface area contributed by atoms with Crippen molar-refractivity contribution >= 4 is 23.1 Å². The molecule has 18 heavy (non-hydrogen) atoms. The minimum absolute atomic E-state index is 0.000540. The fourth-order valence-electron chi connectivity index (χ4n) is 1.30. The second-order valence-electron chi connectivity index (χ2n) is 3.28. The SMILES string of the molecule is CCOC(=O)c1[c]c(C(=O)OC)ccc1[S+](C)[O-]. The van der Waals surface area contributed by atoms with Gasteiger partial charge in [0.2, 0.25) is 0 Å². The molecule has 0 amide bonds. The van der Waals surface area contributed by atoms with Gasteiger partial charge in [0.1, 0.15) is 11.8 Å². The molecule has 0 aromatic heterocycles. The van der Waals surface area contributed by atoms with Gasteiger partial charge in [0.05, 0.1) is 19.3 Å². The molecule has 0 aliphatic carbocycles. The van der Waals surface area contributed by atoms with E-state index in [1.165, 1.54) is 25.5 Å². The number of hydrogen-bond donors (Lipinski definition) is 0. The Labute approximate surface area is 108 Å². The van der Waals surface area contributed by atoms with Crippen molar-refractivity contribution in [3.05, 3.63) is 29.3 Å². The summed E-state index contributed by atoms with van der Waals surface area (Å²) >= 11 is -1.37. The zero-order valence-corrected chi connectivity index (χ0v) is 11.1. The van der Waals surface area contributed by atoms with Crippen molar-refractivity contribution in [1.82, 2.24) is 0 Å². The van der Waals surface area contributed by atoms with Gasteiger partial charge in [-0.15, -0.1) is 0 Å². The summed E-state index contributed by atoms with van der Waals surface area (Å²) < 4.78 is 20.9. The van der Waals surface area contributed by atoms with Crippen molar-refractivity contribution in [2.75, 3.05) is 20.0 Å². The zero-order valence-electron chi connectivity index (χ0n) is 10.3. The Balaban J connectivity index is 3.23. The van der Waals surface area contributed by atoms with Gasteiger partial charge in [-0.25, -0.2) is 9.59 Å². The summed E-state index contributed by atoms with van der Waals surface area (Å²) in [6.07, 6.45) is 1.43. The van der Waals surface area contributed by atoms with Crippen molar-refractivity contribution in [1.29, 1.82) is 0 Å². The fraction of sp³-hybridized carbons (Fsp3) is 0.333. The van der Waals surface area contributed by atoms with Crippen molar-refractivity contribution < 1.29 is 23.6 Å². The maximum atomic E-state index is 11.7. The van der Waals surface area contributed by atoms with Crippen LogP contribution in [0.2, 0.25) is 0 Å². The van der Waals surface area contributed by atoms with E-state index >= 15 is 0 Å². The van der Waals surface area contributed by atoms with Crippen molar-refractivity contribution in [3.8, 4) is 0 Å². The molecule has 0 bridgehead atoms. The van der Waals surface area contributed by atoms with E-state index in [2.05, 4.69) is 10.8 Å². The van der Waals surface area contributed by atoms with E-state index in [0.29, 0.717) is 0 Å². The van der Waals surface area contributed by atoms with E-state index in [-0.39, 0.29) is 22.6 Å². The number of methoxy groups -OCH3 is 1. The number of ether oxygens (including phenoxy) is 2. The second kappa shape index (κ2) is 6.42. The quantitative estimate of drug-likeness (QED) is 0.606.